The van der Waals surface area contributed by atoms with E-state index in [-0.39, 0.29) is 11.9 Å². The first kappa shape index (κ1) is 12.8. The molecule has 1 aromatic carbocycles. The predicted octanol–water partition coefficient (Wildman–Crippen LogP) is 2.11. The lowest BCUT2D eigenvalue weighted by Gasteiger charge is -2.37. The summed E-state index contributed by atoms with van der Waals surface area (Å²) in [7, 11) is 0. The largest absolute Gasteiger partial charge is 0.333 e. The number of hydrogen-bond acceptors (Lipinski definition) is 2. The lowest BCUT2D eigenvalue weighted by atomic mass is 10.1. The predicted molar refractivity (Wildman–Crippen MR) is 77.1 cm³/mol. The van der Waals surface area contributed by atoms with Gasteiger partial charge >= 0.3 is 0 Å². The van der Waals surface area contributed by atoms with E-state index in [1.54, 1.807) is 0 Å². The molecule has 0 saturated carbocycles. The van der Waals surface area contributed by atoms with E-state index in [0.717, 1.165) is 22.2 Å². The minimum Gasteiger partial charge on any atom is -0.333 e. The highest BCUT2D eigenvalue weighted by molar-refractivity contribution is 14.1. The van der Waals surface area contributed by atoms with Gasteiger partial charge in [0, 0.05) is 34.3 Å². The van der Waals surface area contributed by atoms with Gasteiger partial charge in [-0.2, -0.15) is 0 Å². The molecule has 1 saturated heterocycles. The zero-order valence-electron chi connectivity index (χ0n) is 10.1. The Bertz CT molecular complexity index is 422. The molecule has 1 aliphatic heterocycles. The van der Waals surface area contributed by atoms with Crippen LogP contribution in [0.15, 0.2) is 24.3 Å². The number of nitrogens with zero attached hydrogens (tertiary/aromatic N) is 1. The average Bonchev–Trinajstić information content (AvgIpc) is 2.31. The van der Waals surface area contributed by atoms with Crippen LogP contribution in [0.2, 0.25) is 0 Å². The first-order valence-electron chi connectivity index (χ1n) is 5.88. The second-order valence-electron chi connectivity index (χ2n) is 4.63. The highest BCUT2D eigenvalue weighted by Gasteiger charge is 2.27. The van der Waals surface area contributed by atoms with Crippen molar-refractivity contribution < 1.29 is 4.79 Å². The summed E-state index contributed by atoms with van der Waals surface area (Å²) >= 11 is 2.24. The van der Waals surface area contributed by atoms with Crippen LogP contribution in [0.25, 0.3) is 0 Å². The van der Waals surface area contributed by atoms with Crippen LogP contribution in [-0.4, -0.2) is 36.0 Å². The second kappa shape index (κ2) is 5.35. The number of amides is 1. The molecule has 4 heteroatoms. The van der Waals surface area contributed by atoms with Crippen LogP contribution in [0.3, 0.4) is 0 Å². The molecule has 1 heterocycles. The van der Waals surface area contributed by atoms with Gasteiger partial charge in [-0.05, 0) is 54.6 Å². The topological polar surface area (TPSA) is 32.3 Å². The van der Waals surface area contributed by atoms with Crippen molar-refractivity contribution >= 4 is 28.5 Å². The van der Waals surface area contributed by atoms with E-state index in [4.69, 9.17) is 0 Å². The fourth-order valence-corrected chi connectivity index (χ4v) is 2.63. The Morgan fingerprint density at radius 3 is 2.94 bits per heavy atom. The summed E-state index contributed by atoms with van der Waals surface area (Å²) in [5, 5.41) is 3.38. The fraction of sp³-hybridized carbons (Fsp3) is 0.462. The molecular weight excluding hydrogens is 327 g/mol. The summed E-state index contributed by atoms with van der Waals surface area (Å²) in [5.74, 6) is 0.143. The number of nitrogens with one attached hydrogen (secondary N) is 1. The third-order valence-corrected chi connectivity index (χ3v) is 3.77. The lowest BCUT2D eigenvalue weighted by Crippen LogP contribution is -2.56. The van der Waals surface area contributed by atoms with E-state index in [1.807, 2.05) is 29.2 Å². The number of halogens is 1. The molecule has 1 amide bonds. The van der Waals surface area contributed by atoms with Crippen molar-refractivity contribution in [1.29, 1.82) is 0 Å². The van der Waals surface area contributed by atoms with Gasteiger partial charge in [-0.15, -0.1) is 0 Å². The molecule has 2 rings (SSSR count). The number of benzene rings is 1. The van der Waals surface area contributed by atoms with Crippen molar-refractivity contribution in [1.82, 2.24) is 10.2 Å². The molecule has 0 aromatic heterocycles. The van der Waals surface area contributed by atoms with Gasteiger partial charge in [-0.25, -0.2) is 0 Å². The van der Waals surface area contributed by atoms with Crippen LogP contribution >= 0.6 is 22.6 Å². The van der Waals surface area contributed by atoms with Crippen molar-refractivity contribution in [2.24, 2.45) is 0 Å². The van der Waals surface area contributed by atoms with E-state index in [2.05, 4.69) is 41.8 Å². The van der Waals surface area contributed by atoms with Crippen molar-refractivity contribution in [3.8, 4) is 0 Å². The minimum absolute atomic E-state index is 0.143. The van der Waals surface area contributed by atoms with E-state index in [0.29, 0.717) is 6.04 Å². The Balaban J connectivity index is 2.18. The SMILES string of the molecule is CC1CN(C(=O)c2cccc(I)c2)C(C)CN1. The molecule has 0 bridgehead atoms. The zero-order chi connectivity index (χ0) is 12.4. The van der Waals surface area contributed by atoms with Crippen molar-refractivity contribution in [2.45, 2.75) is 25.9 Å². The maximum absolute atomic E-state index is 12.4. The van der Waals surface area contributed by atoms with Crippen molar-refractivity contribution in [2.75, 3.05) is 13.1 Å². The van der Waals surface area contributed by atoms with Gasteiger partial charge in [0.25, 0.3) is 5.91 Å². The Morgan fingerprint density at radius 2 is 2.24 bits per heavy atom. The third-order valence-electron chi connectivity index (χ3n) is 3.10. The first-order valence-corrected chi connectivity index (χ1v) is 6.95. The van der Waals surface area contributed by atoms with Gasteiger partial charge in [0.1, 0.15) is 0 Å². The molecule has 1 fully saturated rings. The fourth-order valence-electron chi connectivity index (χ4n) is 2.09. The third kappa shape index (κ3) is 2.98. The first-order chi connectivity index (χ1) is 8.08. The van der Waals surface area contributed by atoms with Crippen LogP contribution in [0.4, 0.5) is 0 Å². The van der Waals surface area contributed by atoms with Crippen LogP contribution < -0.4 is 5.32 Å². The summed E-state index contributed by atoms with van der Waals surface area (Å²) in [6, 6.07) is 8.41. The number of hydrogen-bond donors (Lipinski definition) is 1. The molecule has 3 nitrogen and oxygen atoms in total. The summed E-state index contributed by atoms with van der Waals surface area (Å²) in [6.45, 7) is 5.86. The Labute approximate surface area is 116 Å². The molecule has 1 aromatic rings. The average molecular weight is 344 g/mol. The van der Waals surface area contributed by atoms with Crippen LogP contribution in [0.5, 0.6) is 0 Å². The quantitative estimate of drug-likeness (QED) is 0.792. The standard InChI is InChI=1S/C13H17IN2O/c1-9-8-16(10(2)7-15-9)13(17)11-4-3-5-12(14)6-11/h3-6,9-10,15H,7-8H2,1-2H3. The van der Waals surface area contributed by atoms with Crippen molar-refractivity contribution in [3.05, 3.63) is 33.4 Å². The van der Waals surface area contributed by atoms with Gasteiger partial charge < -0.3 is 10.2 Å². The molecule has 0 aliphatic carbocycles. The number of carbonyl (C=O) groups excluding carboxylic acids is 1. The number of carbonyl (C=O) groups is 1. The number of piperazine rings is 1. The number of rotatable bonds is 1. The second-order valence-corrected chi connectivity index (χ2v) is 5.87. The van der Waals surface area contributed by atoms with E-state index in [9.17, 15) is 4.79 Å². The summed E-state index contributed by atoms with van der Waals surface area (Å²) in [4.78, 5) is 14.4. The zero-order valence-corrected chi connectivity index (χ0v) is 12.3. The van der Waals surface area contributed by atoms with Crippen LogP contribution in [-0.2, 0) is 0 Å². The van der Waals surface area contributed by atoms with Gasteiger partial charge in [0.2, 0.25) is 0 Å². The lowest BCUT2D eigenvalue weighted by molar-refractivity contribution is 0.0616. The molecule has 2 unspecified atom stereocenters. The smallest absolute Gasteiger partial charge is 0.254 e. The molecule has 1 N–H and O–H groups in total. The Morgan fingerprint density at radius 1 is 1.47 bits per heavy atom. The summed E-state index contributed by atoms with van der Waals surface area (Å²) < 4.78 is 1.10. The molecule has 92 valence electrons. The Hall–Kier alpha value is -0.620. The molecule has 1 aliphatic rings. The van der Waals surface area contributed by atoms with Crippen LogP contribution in [0, 0.1) is 3.57 Å². The minimum atomic E-state index is 0.143. The normalized spacial score (nSPS) is 24.8. The molecular formula is C13H17IN2O. The van der Waals surface area contributed by atoms with Gasteiger partial charge in [-0.1, -0.05) is 6.07 Å². The van der Waals surface area contributed by atoms with Gasteiger partial charge in [-0.3, -0.25) is 4.79 Å². The van der Waals surface area contributed by atoms with E-state index in [1.165, 1.54) is 0 Å². The highest BCUT2D eigenvalue weighted by Crippen LogP contribution is 2.14. The van der Waals surface area contributed by atoms with Gasteiger partial charge in [0.15, 0.2) is 0 Å². The maximum atomic E-state index is 12.4. The maximum Gasteiger partial charge on any atom is 0.254 e. The van der Waals surface area contributed by atoms with Crippen LogP contribution in [0.1, 0.15) is 24.2 Å². The molecule has 0 spiro atoms. The van der Waals surface area contributed by atoms with Gasteiger partial charge in [0.05, 0.1) is 0 Å². The monoisotopic (exact) mass is 344 g/mol. The summed E-state index contributed by atoms with van der Waals surface area (Å²) in [5.41, 5.74) is 0.790. The Kier molecular flexibility index (Phi) is 4.04. The molecule has 17 heavy (non-hydrogen) atoms. The molecule has 2 atom stereocenters. The summed E-state index contributed by atoms with van der Waals surface area (Å²) in [6.07, 6.45) is 0. The van der Waals surface area contributed by atoms with E-state index >= 15 is 0 Å². The highest BCUT2D eigenvalue weighted by atomic mass is 127. The van der Waals surface area contributed by atoms with Crippen molar-refractivity contribution in [3.63, 3.8) is 0 Å². The molecule has 0 radical (unpaired) electrons. The van der Waals surface area contributed by atoms with E-state index < -0.39 is 0 Å².